The molecule has 1 unspecified atom stereocenters. The molecule has 0 spiro atoms. The van der Waals surface area contributed by atoms with E-state index in [4.69, 9.17) is 9.47 Å². The molecule has 0 saturated carbocycles. The Balaban J connectivity index is 1.84. The van der Waals surface area contributed by atoms with Gasteiger partial charge < -0.3 is 9.47 Å². The van der Waals surface area contributed by atoms with Gasteiger partial charge in [0.1, 0.15) is 17.6 Å². The zero-order valence-corrected chi connectivity index (χ0v) is 20.8. The molecule has 0 bridgehead atoms. The average molecular weight is 503 g/mol. The molecule has 0 fully saturated rings. The minimum atomic E-state index is -0.809. The van der Waals surface area contributed by atoms with E-state index in [0.717, 1.165) is 10.8 Å². The van der Waals surface area contributed by atoms with Gasteiger partial charge in [-0.2, -0.15) is 0 Å². The summed E-state index contributed by atoms with van der Waals surface area (Å²) in [5.74, 6) is -0.346. The summed E-state index contributed by atoms with van der Waals surface area (Å²) in [6.07, 6.45) is 1.70. The Hall–Kier alpha value is -4.04. The Morgan fingerprint density at radius 1 is 1.14 bits per heavy atom. The number of allylic oxidation sites excluding steroid dienone is 1. The predicted molar refractivity (Wildman–Crippen MR) is 137 cm³/mol. The second kappa shape index (κ2) is 9.54. The molecular formula is C28H23FN2O4S. The van der Waals surface area contributed by atoms with Crippen molar-refractivity contribution in [2.75, 3.05) is 13.7 Å². The third kappa shape index (κ3) is 4.03. The van der Waals surface area contributed by atoms with Crippen molar-refractivity contribution >= 4 is 34.2 Å². The Morgan fingerprint density at radius 2 is 1.89 bits per heavy atom. The number of ether oxygens (including phenoxy) is 2. The Kier molecular flexibility index (Phi) is 6.28. The van der Waals surface area contributed by atoms with Gasteiger partial charge in [-0.25, -0.2) is 14.2 Å². The second-order valence-corrected chi connectivity index (χ2v) is 9.27. The van der Waals surface area contributed by atoms with Gasteiger partial charge in [-0.3, -0.25) is 9.36 Å². The van der Waals surface area contributed by atoms with E-state index >= 15 is 0 Å². The number of hydrogen-bond donors (Lipinski definition) is 0. The normalized spacial score (nSPS) is 15.6. The molecule has 5 rings (SSSR count). The quantitative estimate of drug-likeness (QED) is 0.386. The Morgan fingerprint density at radius 3 is 2.61 bits per heavy atom. The monoisotopic (exact) mass is 502 g/mol. The molecule has 2 heterocycles. The summed E-state index contributed by atoms with van der Waals surface area (Å²) in [5.41, 5.74) is 1.82. The fourth-order valence-electron chi connectivity index (χ4n) is 4.51. The zero-order valence-electron chi connectivity index (χ0n) is 19.9. The van der Waals surface area contributed by atoms with E-state index in [9.17, 15) is 14.0 Å². The van der Waals surface area contributed by atoms with E-state index in [1.807, 2.05) is 36.4 Å². The number of rotatable bonds is 5. The minimum Gasteiger partial charge on any atom is -0.496 e. The molecule has 1 aliphatic rings. The van der Waals surface area contributed by atoms with Crippen LogP contribution in [0.1, 0.15) is 31.0 Å². The molecule has 1 atom stereocenters. The van der Waals surface area contributed by atoms with Crippen molar-refractivity contribution in [2.24, 2.45) is 4.99 Å². The van der Waals surface area contributed by atoms with Gasteiger partial charge in [-0.15, -0.1) is 0 Å². The van der Waals surface area contributed by atoms with Crippen LogP contribution in [0, 0.1) is 5.82 Å². The molecule has 1 aromatic heterocycles. The first-order valence-electron chi connectivity index (χ1n) is 11.4. The Bertz CT molecular complexity index is 1700. The molecule has 1 aliphatic heterocycles. The van der Waals surface area contributed by atoms with Gasteiger partial charge in [0.2, 0.25) is 0 Å². The van der Waals surface area contributed by atoms with E-state index in [0.29, 0.717) is 31.9 Å². The maximum Gasteiger partial charge on any atom is 0.338 e. The number of benzene rings is 3. The molecule has 6 nitrogen and oxygen atoms in total. The first kappa shape index (κ1) is 23.7. The Labute approximate surface area is 210 Å². The van der Waals surface area contributed by atoms with Gasteiger partial charge in [0.05, 0.1) is 29.5 Å². The van der Waals surface area contributed by atoms with Crippen LogP contribution in [0.25, 0.3) is 16.8 Å². The van der Waals surface area contributed by atoms with Gasteiger partial charge >= 0.3 is 5.97 Å². The van der Waals surface area contributed by atoms with Crippen LogP contribution in [0.2, 0.25) is 0 Å². The maximum absolute atomic E-state index is 13.8. The van der Waals surface area contributed by atoms with Gasteiger partial charge in [-0.1, -0.05) is 53.8 Å². The van der Waals surface area contributed by atoms with E-state index < -0.39 is 12.0 Å². The summed E-state index contributed by atoms with van der Waals surface area (Å²) in [7, 11) is 1.56. The highest BCUT2D eigenvalue weighted by Gasteiger charge is 2.36. The fraction of sp³-hybridized carbons (Fsp3) is 0.179. The SMILES string of the molecule is CCOC(=O)C1=C(C)N=c2s/c(=C\c3ccc(F)cc3)c(=O)n2C1c1c(OC)ccc2ccccc12. The van der Waals surface area contributed by atoms with Crippen molar-refractivity contribution in [1.82, 2.24) is 4.57 Å². The van der Waals surface area contributed by atoms with Crippen LogP contribution in [-0.2, 0) is 9.53 Å². The number of halogens is 1. The van der Waals surface area contributed by atoms with Crippen molar-refractivity contribution in [3.8, 4) is 5.75 Å². The van der Waals surface area contributed by atoms with E-state index in [1.165, 1.54) is 28.0 Å². The number of hydrogen-bond acceptors (Lipinski definition) is 6. The summed E-state index contributed by atoms with van der Waals surface area (Å²) in [6, 6.07) is 16.6. The minimum absolute atomic E-state index is 0.185. The largest absolute Gasteiger partial charge is 0.496 e. The highest BCUT2D eigenvalue weighted by atomic mass is 32.1. The lowest BCUT2D eigenvalue weighted by Crippen LogP contribution is -2.40. The summed E-state index contributed by atoms with van der Waals surface area (Å²) in [6.45, 7) is 3.66. The smallest absolute Gasteiger partial charge is 0.338 e. The third-order valence-corrected chi connectivity index (χ3v) is 7.09. The lowest BCUT2D eigenvalue weighted by Gasteiger charge is -2.27. The molecule has 182 valence electrons. The summed E-state index contributed by atoms with van der Waals surface area (Å²) >= 11 is 1.22. The van der Waals surface area contributed by atoms with Gasteiger partial charge in [0.25, 0.3) is 5.56 Å². The fourth-order valence-corrected chi connectivity index (χ4v) is 5.56. The molecular weight excluding hydrogens is 479 g/mol. The molecule has 8 heteroatoms. The number of esters is 1. The van der Waals surface area contributed by atoms with E-state index in [-0.39, 0.29) is 23.6 Å². The van der Waals surface area contributed by atoms with E-state index in [1.54, 1.807) is 39.2 Å². The van der Waals surface area contributed by atoms with Gasteiger partial charge in [0.15, 0.2) is 4.80 Å². The first-order chi connectivity index (χ1) is 17.4. The number of carbonyl (C=O) groups excluding carboxylic acids is 1. The zero-order chi connectivity index (χ0) is 25.4. The van der Waals surface area contributed by atoms with Crippen LogP contribution in [-0.4, -0.2) is 24.3 Å². The lowest BCUT2D eigenvalue weighted by molar-refractivity contribution is -0.139. The number of fused-ring (bicyclic) bond motifs is 2. The van der Waals surface area contributed by atoms with Crippen LogP contribution in [0.15, 0.2) is 81.7 Å². The molecule has 0 aliphatic carbocycles. The first-order valence-corrected chi connectivity index (χ1v) is 12.3. The van der Waals surface area contributed by atoms with Crippen LogP contribution in [0.4, 0.5) is 4.39 Å². The van der Waals surface area contributed by atoms with Gasteiger partial charge in [-0.05, 0) is 54.5 Å². The summed E-state index contributed by atoms with van der Waals surface area (Å²) in [5, 5.41) is 1.80. The lowest BCUT2D eigenvalue weighted by atomic mass is 9.90. The highest BCUT2D eigenvalue weighted by Crippen LogP contribution is 2.40. The van der Waals surface area contributed by atoms with Crippen molar-refractivity contribution in [2.45, 2.75) is 19.9 Å². The molecule has 36 heavy (non-hydrogen) atoms. The van der Waals surface area contributed by atoms with Gasteiger partial charge in [0, 0.05) is 5.56 Å². The molecule has 0 amide bonds. The number of thiazole rings is 1. The number of methoxy groups -OCH3 is 1. The molecule has 3 aromatic carbocycles. The van der Waals surface area contributed by atoms with Crippen molar-refractivity contribution in [3.05, 3.63) is 109 Å². The predicted octanol–water partition coefficient (Wildman–Crippen LogP) is 4.10. The molecule has 0 saturated heterocycles. The highest BCUT2D eigenvalue weighted by molar-refractivity contribution is 7.07. The van der Waals surface area contributed by atoms with Crippen LogP contribution in [0.3, 0.4) is 0 Å². The number of carbonyl (C=O) groups is 1. The van der Waals surface area contributed by atoms with Crippen molar-refractivity contribution in [1.29, 1.82) is 0 Å². The third-order valence-electron chi connectivity index (χ3n) is 6.11. The summed E-state index contributed by atoms with van der Waals surface area (Å²) < 4.78 is 26.5. The molecule has 0 N–H and O–H groups in total. The maximum atomic E-state index is 13.8. The standard InChI is InChI=1S/C28H23FN2O4S/c1-4-35-27(33)23-16(2)30-28-31(26(32)22(36-28)15-17-9-12-19(29)13-10-17)25(23)24-20-8-6-5-7-18(20)11-14-21(24)34-3/h5-15,25H,4H2,1-3H3/b22-15-. The van der Waals surface area contributed by atoms with E-state index in [2.05, 4.69) is 4.99 Å². The van der Waals surface area contributed by atoms with Crippen LogP contribution >= 0.6 is 11.3 Å². The second-order valence-electron chi connectivity index (χ2n) is 8.26. The number of aromatic nitrogens is 1. The molecule has 0 radical (unpaired) electrons. The van der Waals surface area contributed by atoms with Crippen molar-refractivity contribution < 1.29 is 18.7 Å². The average Bonchev–Trinajstić information content (AvgIpc) is 3.18. The topological polar surface area (TPSA) is 69.9 Å². The van der Waals surface area contributed by atoms with Crippen molar-refractivity contribution in [3.63, 3.8) is 0 Å². The van der Waals surface area contributed by atoms with Crippen LogP contribution < -0.4 is 19.6 Å². The van der Waals surface area contributed by atoms with Crippen LogP contribution in [0.5, 0.6) is 5.75 Å². The number of nitrogens with zero attached hydrogens (tertiary/aromatic N) is 2. The summed E-state index contributed by atoms with van der Waals surface area (Å²) in [4.78, 5) is 32.1. The molecule has 4 aromatic rings.